The molecule has 0 fully saturated rings. The Bertz CT molecular complexity index is 1020. The number of phenolic OH excluding ortho intramolecular Hbond substituents is 1. The largest absolute Gasteiger partial charge is 0.507 e. The van der Waals surface area contributed by atoms with E-state index in [1.807, 2.05) is 44.3 Å². The number of rotatable bonds is 3. The average molecular weight is 356 g/mol. The molecular formula is C19H18ClN3O2. The van der Waals surface area contributed by atoms with E-state index in [0.717, 1.165) is 11.4 Å². The summed E-state index contributed by atoms with van der Waals surface area (Å²) >= 11 is 6.00. The number of aromatic hydroxyl groups is 1. The molecule has 25 heavy (non-hydrogen) atoms. The van der Waals surface area contributed by atoms with Gasteiger partial charge in [-0.1, -0.05) is 29.8 Å². The second kappa shape index (κ2) is 6.61. The number of phenols is 1. The minimum absolute atomic E-state index is 0.0719. The van der Waals surface area contributed by atoms with E-state index in [2.05, 4.69) is 4.99 Å². The fraction of sp³-hybridized carbons (Fsp3) is 0.158. The minimum atomic E-state index is -0.216. The van der Waals surface area contributed by atoms with Crippen molar-refractivity contribution >= 4 is 23.0 Å². The van der Waals surface area contributed by atoms with Gasteiger partial charge in [0.25, 0.3) is 5.56 Å². The van der Waals surface area contributed by atoms with Crippen molar-refractivity contribution in [1.82, 2.24) is 9.36 Å². The zero-order chi connectivity index (χ0) is 18.1. The van der Waals surface area contributed by atoms with Crippen molar-refractivity contribution in [3.05, 3.63) is 75.2 Å². The summed E-state index contributed by atoms with van der Waals surface area (Å²) in [7, 11) is 1.81. The minimum Gasteiger partial charge on any atom is -0.507 e. The normalized spacial score (nSPS) is 11.8. The Morgan fingerprint density at radius 2 is 1.84 bits per heavy atom. The van der Waals surface area contributed by atoms with Gasteiger partial charge in [0.15, 0.2) is 5.69 Å². The predicted molar refractivity (Wildman–Crippen MR) is 101 cm³/mol. The molecular weight excluding hydrogens is 338 g/mol. The SMILES string of the molecule is CC(=Nc1c(C)n(C)n(-c2ccccc2)c1=O)c1cc(Cl)ccc1O. The lowest BCUT2D eigenvalue weighted by molar-refractivity contribution is 0.474. The van der Waals surface area contributed by atoms with Crippen LogP contribution in [0.25, 0.3) is 5.69 Å². The van der Waals surface area contributed by atoms with Crippen LogP contribution in [0.15, 0.2) is 58.3 Å². The molecule has 0 aliphatic carbocycles. The first-order chi connectivity index (χ1) is 11.9. The maximum Gasteiger partial charge on any atom is 0.297 e. The molecule has 3 aromatic rings. The third-order valence-corrected chi connectivity index (χ3v) is 4.39. The van der Waals surface area contributed by atoms with E-state index in [-0.39, 0.29) is 11.3 Å². The number of aromatic nitrogens is 2. The third kappa shape index (κ3) is 3.10. The Labute approximate surface area is 150 Å². The molecule has 128 valence electrons. The van der Waals surface area contributed by atoms with Crippen LogP contribution in [0.3, 0.4) is 0 Å². The first kappa shape index (κ1) is 17.0. The highest BCUT2D eigenvalue weighted by Gasteiger charge is 2.16. The molecule has 0 saturated heterocycles. The monoisotopic (exact) mass is 355 g/mol. The second-order valence-corrected chi connectivity index (χ2v) is 6.21. The number of aliphatic imine (C=N–C) groups is 1. The van der Waals surface area contributed by atoms with Crippen molar-refractivity contribution in [1.29, 1.82) is 0 Å². The van der Waals surface area contributed by atoms with Crippen molar-refractivity contribution in [3.8, 4) is 11.4 Å². The van der Waals surface area contributed by atoms with Crippen LogP contribution in [0, 0.1) is 6.92 Å². The van der Waals surface area contributed by atoms with Gasteiger partial charge in [0, 0.05) is 23.3 Å². The summed E-state index contributed by atoms with van der Waals surface area (Å²) in [6.07, 6.45) is 0. The van der Waals surface area contributed by atoms with E-state index >= 15 is 0 Å². The number of benzene rings is 2. The first-order valence-corrected chi connectivity index (χ1v) is 8.16. The second-order valence-electron chi connectivity index (χ2n) is 5.77. The van der Waals surface area contributed by atoms with E-state index in [9.17, 15) is 9.90 Å². The first-order valence-electron chi connectivity index (χ1n) is 7.78. The molecule has 1 heterocycles. The molecule has 0 bridgehead atoms. The molecule has 1 aromatic heterocycles. The molecule has 0 unspecified atom stereocenters. The lowest BCUT2D eigenvalue weighted by Crippen LogP contribution is -2.19. The standard InChI is InChI=1S/C19H18ClN3O2/c1-12(16-11-14(20)9-10-17(16)24)21-18-13(2)22(3)23(19(18)25)15-7-5-4-6-8-15/h4-11,24H,1-3H3. The molecule has 1 N–H and O–H groups in total. The van der Waals surface area contributed by atoms with Gasteiger partial charge in [0.2, 0.25) is 0 Å². The van der Waals surface area contributed by atoms with Gasteiger partial charge in [-0.25, -0.2) is 9.67 Å². The summed E-state index contributed by atoms with van der Waals surface area (Å²) in [5, 5.41) is 10.5. The highest BCUT2D eigenvalue weighted by atomic mass is 35.5. The van der Waals surface area contributed by atoms with Crippen molar-refractivity contribution in [3.63, 3.8) is 0 Å². The summed E-state index contributed by atoms with van der Waals surface area (Å²) < 4.78 is 3.33. The van der Waals surface area contributed by atoms with Crippen LogP contribution >= 0.6 is 11.6 Å². The van der Waals surface area contributed by atoms with Crippen molar-refractivity contribution in [2.45, 2.75) is 13.8 Å². The van der Waals surface area contributed by atoms with Gasteiger partial charge in [0.05, 0.1) is 11.4 Å². The van der Waals surface area contributed by atoms with E-state index in [4.69, 9.17) is 11.6 Å². The number of hydrogen-bond acceptors (Lipinski definition) is 3. The lowest BCUT2D eigenvalue weighted by Gasteiger charge is -2.07. The summed E-state index contributed by atoms with van der Waals surface area (Å²) in [6.45, 7) is 3.58. The summed E-state index contributed by atoms with van der Waals surface area (Å²) in [5.41, 5.74) is 2.64. The number of para-hydroxylation sites is 1. The van der Waals surface area contributed by atoms with Crippen molar-refractivity contribution in [2.75, 3.05) is 0 Å². The fourth-order valence-corrected chi connectivity index (χ4v) is 2.88. The highest BCUT2D eigenvalue weighted by molar-refractivity contribution is 6.31. The number of nitrogens with zero attached hydrogens (tertiary/aromatic N) is 3. The summed E-state index contributed by atoms with van der Waals surface area (Å²) in [5.74, 6) is 0.0719. The predicted octanol–water partition coefficient (Wildman–Crippen LogP) is 3.98. The van der Waals surface area contributed by atoms with Crippen LogP contribution < -0.4 is 5.56 Å². The van der Waals surface area contributed by atoms with E-state index < -0.39 is 0 Å². The molecule has 2 aromatic carbocycles. The number of hydrogen-bond donors (Lipinski definition) is 1. The van der Waals surface area contributed by atoms with Gasteiger partial charge in [0.1, 0.15) is 5.75 Å². The molecule has 3 rings (SSSR count). The fourth-order valence-electron chi connectivity index (χ4n) is 2.71. The highest BCUT2D eigenvalue weighted by Crippen LogP contribution is 2.24. The molecule has 5 nitrogen and oxygen atoms in total. The molecule has 0 spiro atoms. The molecule has 0 radical (unpaired) electrons. The van der Waals surface area contributed by atoms with Crippen LogP contribution in [0.1, 0.15) is 18.2 Å². The molecule has 0 saturated carbocycles. The van der Waals surface area contributed by atoms with Crippen LogP contribution in [0.2, 0.25) is 5.02 Å². The summed E-state index contributed by atoms with van der Waals surface area (Å²) in [4.78, 5) is 17.4. The van der Waals surface area contributed by atoms with Crippen LogP contribution in [-0.4, -0.2) is 20.2 Å². The molecule has 0 aliphatic rings. The maximum absolute atomic E-state index is 12.9. The third-order valence-electron chi connectivity index (χ3n) is 4.15. The van der Waals surface area contributed by atoms with E-state index in [1.165, 1.54) is 6.07 Å². The zero-order valence-electron chi connectivity index (χ0n) is 14.2. The summed E-state index contributed by atoms with van der Waals surface area (Å²) in [6, 6.07) is 14.1. The quantitative estimate of drug-likeness (QED) is 0.722. The van der Waals surface area contributed by atoms with Gasteiger partial charge < -0.3 is 5.11 Å². The molecule has 0 atom stereocenters. The van der Waals surface area contributed by atoms with Gasteiger partial charge >= 0.3 is 0 Å². The van der Waals surface area contributed by atoms with Gasteiger partial charge in [-0.05, 0) is 44.2 Å². The van der Waals surface area contributed by atoms with E-state index in [0.29, 0.717) is 22.0 Å². The van der Waals surface area contributed by atoms with E-state index in [1.54, 1.807) is 28.4 Å². The van der Waals surface area contributed by atoms with Gasteiger partial charge in [-0.2, -0.15) is 0 Å². The lowest BCUT2D eigenvalue weighted by atomic mass is 10.1. The Morgan fingerprint density at radius 3 is 2.52 bits per heavy atom. The Hall–Kier alpha value is -2.79. The van der Waals surface area contributed by atoms with Crippen LogP contribution in [0.5, 0.6) is 5.75 Å². The smallest absolute Gasteiger partial charge is 0.297 e. The molecule has 0 amide bonds. The molecule has 6 heteroatoms. The Morgan fingerprint density at radius 1 is 1.16 bits per heavy atom. The maximum atomic E-state index is 12.9. The van der Waals surface area contributed by atoms with Crippen LogP contribution in [-0.2, 0) is 7.05 Å². The van der Waals surface area contributed by atoms with Gasteiger partial charge in [-0.3, -0.25) is 9.48 Å². The average Bonchev–Trinajstić information content (AvgIpc) is 2.81. The van der Waals surface area contributed by atoms with Crippen molar-refractivity contribution in [2.24, 2.45) is 12.0 Å². The molecule has 0 aliphatic heterocycles. The topological polar surface area (TPSA) is 59.5 Å². The Balaban J connectivity index is 2.16. The number of halogens is 1. The van der Waals surface area contributed by atoms with Crippen molar-refractivity contribution < 1.29 is 5.11 Å². The van der Waals surface area contributed by atoms with Gasteiger partial charge in [-0.15, -0.1) is 0 Å². The zero-order valence-corrected chi connectivity index (χ0v) is 14.9. The van der Waals surface area contributed by atoms with Crippen LogP contribution in [0.4, 0.5) is 5.69 Å². The Kier molecular flexibility index (Phi) is 4.51.